The molecule has 0 radical (unpaired) electrons. The highest BCUT2D eigenvalue weighted by Crippen LogP contribution is 2.54. The molecule has 4 heteroatoms. The summed E-state index contributed by atoms with van der Waals surface area (Å²) in [6, 6.07) is 3.58. The van der Waals surface area contributed by atoms with E-state index in [0.29, 0.717) is 22.9 Å². The van der Waals surface area contributed by atoms with E-state index in [1.54, 1.807) is 12.1 Å². The number of hydrogen-bond acceptors (Lipinski definition) is 2. The van der Waals surface area contributed by atoms with Crippen molar-refractivity contribution >= 4 is 34.6 Å². The van der Waals surface area contributed by atoms with E-state index in [4.69, 9.17) is 27.9 Å². The summed E-state index contributed by atoms with van der Waals surface area (Å²) in [7, 11) is 0. The summed E-state index contributed by atoms with van der Waals surface area (Å²) in [5.41, 5.74) is 1.32. The lowest BCUT2D eigenvalue weighted by molar-refractivity contribution is -0.115. The van der Waals surface area contributed by atoms with E-state index >= 15 is 0 Å². The molecule has 1 aromatic carbocycles. The van der Waals surface area contributed by atoms with Crippen LogP contribution in [0.3, 0.4) is 0 Å². The predicted octanol–water partition coefficient (Wildman–Crippen LogP) is 4.67. The second-order valence-corrected chi connectivity index (χ2v) is 5.89. The molecule has 0 amide bonds. The van der Waals surface area contributed by atoms with E-state index in [1.165, 1.54) is 0 Å². The second-order valence-electron chi connectivity index (χ2n) is 5.11. The van der Waals surface area contributed by atoms with Gasteiger partial charge in [-0.25, -0.2) is 0 Å². The summed E-state index contributed by atoms with van der Waals surface area (Å²) in [6.45, 7) is 2.11. The van der Waals surface area contributed by atoms with Crippen LogP contribution in [-0.4, -0.2) is 11.4 Å². The highest BCUT2D eigenvalue weighted by molar-refractivity contribution is 6.43. The molecule has 1 heterocycles. The number of hydrogen-bond donors (Lipinski definition) is 0. The monoisotopic (exact) mass is 296 g/mol. The van der Waals surface area contributed by atoms with Crippen LogP contribution in [0.2, 0.25) is 10.0 Å². The van der Waals surface area contributed by atoms with Crippen molar-refractivity contribution in [2.75, 3.05) is 0 Å². The van der Waals surface area contributed by atoms with Gasteiger partial charge in [0.1, 0.15) is 11.4 Å². The van der Waals surface area contributed by atoms with E-state index in [2.05, 4.69) is 6.92 Å². The zero-order valence-corrected chi connectivity index (χ0v) is 12.1. The molecule has 0 saturated carbocycles. The van der Waals surface area contributed by atoms with E-state index < -0.39 is 0 Å². The van der Waals surface area contributed by atoms with Crippen LogP contribution in [-0.2, 0) is 4.79 Å². The van der Waals surface area contributed by atoms with Gasteiger partial charge in [0.25, 0.3) is 0 Å². The molecule has 100 valence electrons. The van der Waals surface area contributed by atoms with Gasteiger partial charge in [0.05, 0.1) is 10.0 Å². The van der Waals surface area contributed by atoms with Gasteiger partial charge >= 0.3 is 0 Å². The Morgan fingerprint density at radius 2 is 2.16 bits per heavy atom. The molecule has 0 spiro atoms. The predicted molar refractivity (Wildman–Crippen MR) is 76.9 cm³/mol. The fourth-order valence-electron chi connectivity index (χ4n) is 3.02. The number of halogens is 2. The summed E-state index contributed by atoms with van der Waals surface area (Å²) in [5, 5.41) is 0.980. The normalized spacial score (nSPS) is 24.6. The van der Waals surface area contributed by atoms with Gasteiger partial charge in [0.2, 0.25) is 0 Å². The molecule has 19 heavy (non-hydrogen) atoms. The SMILES string of the molecule is CCCC12CCC(=O)C=C1c1c(ccc(Cl)c1Cl)O2. The minimum absolute atomic E-state index is 0.134. The first-order valence-electron chi connectivity index (χ1n) is 6.50. The third kappa shape index (κ3) is 1.89. The van der Waals surface area contributed by atoms with Gasteiger partial charge in [-0.15, -0.1) is 0 Å². The maximum atomic E-state index is 11.8. The van der Waals surface area contributed by atoms with Crippen molar-refractivity contribution < 1.29 is 9.53 Å². The quantitative estimate of drug-likeness (QED) is 0.793. The van der Waals surface area contributed by atoms with Gasteiger partial charge in [-0.3, -0.25) is 4.79 Å². The van der Waals surface area contributed by atoms with Crippen molar-refractivity contribution in [3.05, 3.63) is 33.8 Å². The number of carbonyl (C=O) groups is 1. The number of benzene rings is 1. The van der Waals surface area contributed by atoms with Gasteiger partial charge in [-0.1, -0.05) is 36.5 Å². The number of allylic oxidation sites excluding steroid dienone is 1. The lowest BCUT2D eigenvalue weighted by atomic mass is 9.78. The smallest absolute Gasteiger partial charge is 0.156 e. The van der Waals surface area contributed by atoms with Crippen LogP contribution >= 0.6 is 23.2 Å². The molecule has 3 rings (SSSR count). The first kappa shape index (κ1) is 13.0. The Morgan fingerprint density at radius 3 is 2.89 bits per heavy atom. The lowest BCUT2D eigenvalue weighted by Gasteiger charge is -2.32. The summed E-state index contributed by atoms with van der Waals surface area (Å²) in [5.74, 6) is 0.873. The summed E-state index contributed by atoms with van der Waals surface area (Å²) in [4.78, 5) is 11.8. The average molecular weight is 297 g/mol. The van der Waals surface area contributed by atoms with Gasteiger partial charge in [-0.05, 0) is 31.1 Å². The Bertz CT molecular complexity index is 592. The number of carbonyl (C=O) groups excluding carboxylic acids is 1. The second kappa shape index (κ2) is 4.53. The molecular formula is C15H14Cl2O2. The molecule has 1 atom stereocenters. The Morgan fingerprint density at radius 1 is 1.37 bits per heavy atom. The minimum atomic E-state index is -0.390. The lowest BCUT2D eigenvalue weighted by Crippen LogP contribution is -2.36. The largest absolute Gasteiger partial charge is 0.482 e. The van der Waals surface area contributed by atoms with E-state index in [1.807, 2.05) is 6.07 Å². The molecule has 2 nitrogen and oxygen atoms in total. The number of ketones is 1. The van der Waals surface area contributed by atoms with Gasteiger partial charge < -0.3 is 4.74 Å². The fourth-order valence-corrected chi connectivity index (χ4v) is 3.44. The van der Waals surface area contributed by atoms with Crippen LogP contribution < -0.4 is 4.74 Å². The molecule has 1 aromatic rings. The highest BCUT2D eigenvalue weighted by atomic mass is 35.5. The first-order chi connectivity index (χ1) is 9.07. The molecule has 1 aliphatic carbocycles. The molecule has 1 unspecified atom stereocenters. The molecule has 2 aliphatic rings. The summed E-state index contributed by atoms with van der Waals surface area (Å²) in [6.07, 6.45) is 4.81. The van der Waals surface area contributed by atoms with Crippen molar-refractivity contribution in [2.45, 2.75) is 38.2 Å². The van der Waals surface area contributed by atoms with Crippen LogP contribution in [0.5, 0.6) is 5.75 Å². The van der Waals surface area contributed by atoms with Crippen LogP contribution in [0.4, 0.5) is 0 Å². The molecule has 0 N–H and O–H groups in total. The van der Waals surface area contributed by atoms with Crippen LogP contribution in [0.25, 0.3) is 5.57 Å². The number of rotatable bonds is 2. The van der Waals surface area contributed by atoms with Crippen LogP contribution in [0.15, 0.2) is 18.2 Å². The van der Waals surface area contributed by atoms with Crippen molar-refractivity contribution in [1.29, 1.82) is 0 Å². The number of fused-ring (bicyclic) bond motifs is 3. The number of ether oxygens (including phenoxy) is 1. The van der Waals surface area contributed by atoms with Gasteiger partial charge in [0.15, 0.2) is 5.78 Å². The molecule has 0 saturated heterocycles. The third-order valence-corrected chi connectivity index (χ3v) is 4.66. The van der Waals surface area contributed by atoms with Crippen LogP contribution in [0.1, 0.15) is 38.2 Å². The Balaban J connectivity index is 2.21. The zero-order valence-electron chi connectivity index (χ0n) is 10.6. The first-order valence-corrected chi connectivity index (χ1v) is 7.25. The van der Waals surface area contributed by atoms with Crippen molar-refractivity contribution in [3.8, 4) is 5.75 Å². The van der Waals surface area contributed by atoms with E-state index in [0.717, 1.165) is 29.7 Å². The summed E-state index contributed by atoms with van der Waals surface area (Å²) < 4.78 is 6.16. The van der Waals surface area contributed by atoms with E-state index in [9.17, 15) is 4.79 Å². The van der Waals surface area contributed by atoms with Crippen molar-refractivity contribution in [1.82, 2.24) is 0 Å². The van der Waals surface area contributed by atoms with Crippen molar-refractivity contribution in [3.63, 3.8) is 0 Å². The van der Waals surface area contributed by atoms with Crippen LogP contribution in [0, 0.1) is 0 Å². The molecule has 0 fully saturated rings. The standard InChI is InChI=1S/C15H14Cl2O2/c1-2-6-15-7-5-9(18)8-10(15)13-12(19-15)4-3-11(16)14(13)17/h3-4,8H,2,5-7H2,1H3. The Kier molecular flexibility index (Phi) is 3.11. The molecule has 1 aliphatic heterocycles. The molecule has 0 bridgehead atoms. The van der Waals surface area contributed by atoms with E-state index in [-0.39, 0.29) is 11.4 Å². The third-order valence-electron chi connectivity index (χ3n) is 3.86. The molecule has 0 aromatic heterocycles. The minimum Gasteiger partial charge on any atom is -0.482 e. The maximum absolute atomic E-state index is 11.8. The maximum Gasteiger partial charge on any atom is 0.156 e. The van der Waals surface area contributed by atoms with Crippen molar-refractivity contribution in [2.24, 2.45) is 0 Å². The zero-order chi connectivity index (χ0) is 13.6. The fraction of sp³-hybridized carbons (Fsp3) is 0.400. The molecular weight excluding hydrogens is 283 g/mol. The van der Waals surface area contributed by atoms with Gasteiger partial charge in [-0.2, -0.15) is 0 Å². The topological polar surface area (TPSA) is 26.3 Å². The van der Waals surface area contributed by atoms with Gasteiger partial charge in [0, 0.05) is 17.6 Å². The highest BCUT2D eigenvalue weighted by Gasteiger charge is 2.47. The average Bonchev–Trinajstić information content (AvgIpc) is 2.69. The Hall–Kier alpha value is -0.990. The summed E-state index contributed by atoms with van der Waals surface area (Å²) >= 11 is 12.4. The Labute approximate surface area is 122 Å².